The second kappa shape index (κ2) is 12.1. The van der Waals surface area contributed by atoms with Gasteiger partial charge in [-0.15, -0.1) is 0 Å². The van der Waals surface area contributed by atoms with E-state index in [0.29, 0.717) is 51.4 Å². The largest absolute Gasteiger partial charge is 0.481 e. The number of aliphatic hydroxyl groups excluding tert-OH is 2. The highest BCUT2D eigenvalue weighted by Gasteiger charge is 2.27. The number of nitrogens with zero attached hydrogens (tertiary/aromatic N) is 2. The summed E-state index contributed by atoms with van der Waals surface area (Å²) in [4.78, 5) is 40.1. The number of aliphatic hydroxyl groups is 2. The smallest absolute Gasteiger partial charge is 0.303 e. The first-order valence-corrected chi connectivity index (χ1v) is 15.1. The van der Waals surface area contributed by atoms with Gasteiger partial charge in [0.15, 0.2) is 0 Å². The Morgan fingerprint density at radius 2 is 1.11 bits per heavy atom. The van der Waals surface area contributed by atoms with E-state index < -0.39 is 24.1 Å². The molecule has 8 bridgehead atoms. The molecule has 45 heavy (non-hydrogen) atoms. The SMILES string of the molecule is CC1=C(C(C)O)c2nc1cc1[nH]c(cc3[nH]c(cc4nc(c2C)C(C)=C4C(C)O)c(C)c3CCC(=O)O)c(CCC(=O)O)c1C. The molecule has 0 saturated carbocycles. The Kier molecular flexibility index (Phi) is 8.57. The van der Waals surface area contributed by atoms with E-state index in [1.807, 2.05) is 52.8 Å². The molecule has 3 aromatic heterocycles. The maximum absolute atomic E-state index is 11.6. The van der Waals surface area contributed by atoms with Gasteiger partial charge in [0, 0.05) is 51.6 Å². The van der Waals surface area contributed by atoms with Crippen molar-refractivity contribution < 1.29 is 30.0 Å². The number of hydrogen-bond acceptors (Lipinski definition) is 6. The van der Waals surface area contributed by atoms with Gasteiger partial charge in [0.2, 0.25) is 0 Å². The first-order chi connectivity index (χ1) is 21.2. The number of fused-ring (bicyclic) bond motifs is 8. The first-order valence-electron chi connectivity index (χ1n) is 15.1. The van der Waals surface area contributed by atoms with Crippen LogP contribution in [0, 0.1) is 20.8 Å². The van der Waals surface area contributed by atoms with E-state index in [4.69, 9.17) is 9.97 Å². The van der Waals surface area contributed by atoms with Crippen LogP contribution in [-0.2, 0) is 22.4 Å². The van der Waals surface area contributed by atoms with Gasteiger partial charge in [-0.3, -0.25) is 9.59 Å². The lowest BCUT2D eigenvalue weighted by molar-refractivity contribution is -0.138. The van der Waals surface area contributed by atoms with Gasteiger partial charge in [-0.25, -0.2) is 9.97 Å². The van der Waals surface area contributed by atoms with Crippen molar-refractivity contribution in [3.05, 3.63) is 68.8 Å². The van der Waals surface area contributed by atoms with E-state index in [-0.39, 0.29) is 19.3 Å². The summed E-state index contributed by atoms with van der Waals surface area (Å²) in [7, 11) is 0. The average Bonchev–Trinajstić information content (AvgIpc) is 3.63. The van der Waals surface area contributed by atoms with Crippen LogP contribution in [0.1, 0.15) is 91.1 Å². The van der Waals surface area contributed by atoms with Crippen LogP contribution in [0.2, 0.25) is 0 Å². The number of H-pyrrole nitrogens is 2. The van der Waals surface area contributed by atoms with Gasteiger partial charge in [0.05, 0.1) is 35.0 Å². The normalized spacial score (nSPS) is 14.7. The zero-order valence-corrected chi connectivity index (χ0v) is 26.7. The molecule has 0 amide bonds. The Balaban J connectivity index is 2.00. The number of rotatable bonds is 8. The zero-order valence-electron chi connectivity index (χ0n) is 26.7. The Morgan fingerprint density at radius 1 is 0.644 bits per heavy atom. The lowest BCUT2D eigenvalue weighted by Gasteiger charge is -2.11. The molecule has 2 aliphatic heterocycles. The van der Waals surface area contributed by atoms with E-state index in [1.54, 1.807) is 13.8 Å². The molecule has 0 spiro atoms. The molecule has 6 N–H and O–H groups in total. The van der Waals surface area contributed by atoms with Gasteiger partial charge < -0.3 is 30.4 Å². The van der Waals surface area contributed by atoms with Crippen LogP contribution in [0.15, 0.2) is 18.2 Å². The molecule has 0 radical (unpaired) electrons. The first kappa shape index (κ1) is 31.9. The molecule has 10 nitrogen and oxygen atoms in total. The minimum atomic E-state index is -0.908. The van der Waals surface area contributed by atoms with Crippen molar-refractivity contribution in [2.24, 2.45) is 0 Å². The minimum absolute atomic E-state index is 0.0575. The summed E-state index contributed by atoms with van der Waals surface area (Å²) < 4.78 is 0. The van der Waals surface area contributed by atoms with Crippen molar-refractivity contribution >= 4 is 56.3 Å². The summed E-state index contributed by atoms with van der Waals surface area (Å²) in [5.74, 6) is -1.81. The second-order valence-electron chi connectivity index (χ2n) is 12.1. The minimum Gasteiger partial charge on any atom is -0.481 e. The zero-order chi connectivity index (χ0) is 32.9. The molecule has 5 rings (SSSR count). The lowest BCUT2D eigenvalue weighted by atomic mass is 9.95. The molecule has 236 valence electrons. The summed E-state index contributed by atoms with van der Waals surface area (Å²) in [6, 6.07) is 5.71. The second-order valence-corrected chi connectivity index (χ2v) is 12.1. The molecule has 2 unspecified atom stereocenters. The van der Waals surface area contributed by atoms with Gasteiger partial charge in [-0.1, -0.05) is 0 Å². The van der Waals surface area contributed by atoms with Crippen molar-refractivity contribution in [1.29, 1.82) is 0 Å². The van der Waals surface area contributed by atoms with Gasteiger partial charge in [-0.05, 0) is 113 Å². The van der Waals surface area contributed by atoms with Crippen LogP contribution in [0.4, 0.5) is 0 Å². The van der Waals surface area contributed by atoms with Crippen molar-refractivity contribution in [3.8, 4) is 0 Å². The number of aliphatic carboxylic acids is 2. The van der Waals surface area contributed by atoms with Crippen molar-refractivity contribution in [2.45, 2.75) is 86.4 Å². The number of carboxylic acids is 2. The van der Waals surface area contributed by atoms with Crippen LogP contribution in [0.25, 0.3) is 44.4 Å². The lowest BCUT2D eigenvalue weighted by Crippen LogP contribution is -2.05. The molecular formula is C35H40N4O6. The van der Waals surface area contributed by atoms with Gasteiger partial charge in [-0.2, -0.15) is 0 Å². The summed E-state index contributed by atoms with van der Waals surface area (Å²) >= 11 is 0. The third kappa shape index (κ3) is 5.83. The van der Waals surface area contributed by atoms with Gasteiger partial charge in [0.1, 0.15) is 0 Å². The van der Waals surface area contributed by atoms with Crippen LogP contribution in [-0.4, -0.2) is 64.5 Å². The molecule has 5 heterocycles. The quantitative estimate of drug-likeness (QED) is 0.182. The molecule has 2 aliphatic rings. The predicted molar refractivity (Wildman–Crippen MR) is 175 cm³/mol. The molecule has 2 atom stereocenters. The molecule has 10 heteroatoms. The van der Waals surface area contributed by atoms with Crippen LogP contribution in [0.5, 0.6) is 0 Å². The van der Waals surface area contributed by atoms with Crippen LogP contribution < -0.4 is 0 Å². The topological polar surface area (TPSA) is 172 Å². The van der Waals surface area contributed by atoms with Gasteiger partial charge in [0.25, 0.3) is 0 Å². The average molecular weight is 613 g/mol. The van der Waals surface area contributed by atoms with Crippen molar-refractivity contribution in [1.82, 2.24) is 19.9 Å². The Hall–Kier alpha value is -4.54. The van der Waals surface area contributed by atoms with E-state index in [1.165, 1.54) is 0 Å². The highest BCUT2D eigenvalue weighted by atomic mass is 16.4. The Morgan fingerprint density at radius 3 is 1.58 bits per heavy atom. The van der Waals surface area contributed by atoms with Crippen molar-refractivity contribution in [2.75, 3.05) is 0 Å². The summed E-state index contributed by atoms with van der Waals surface area (Å²) in [6.07, 6.45) is -1.15. The Labute approximate surface area is 261 Å². The number of allylic oxidation sites excluding steroid dienone is 2. The monoisotopic (exact) mass is 612 g/mol. The van der Waals surface area contributed by atoms with E-state index in [9.17, 15) is 30.0 Å². The van der Waals surface area contributed by atoms with E-state index in [0.717, 1.165) is 50.0 Å². The fraction of sp³-hybridized carbons (Fsp3) is 0.371. The number of hydrogen-bond donors (Lipinski definition) is 6. The van der Waals surface area contributed by atoms with Crippen LogP contribution in [0.3, 0.4) is 0 Å². The molecule has 0 aliphatic carbocycles. The Bertz CT molecular complexity index is 1970. The van der Waals surface area contributed by atoms with E-state index in [2.05, 4.69) is 9.97 Å². The van der Waals surface area contributed by atoms with E-state index >= 15 is 0 Å². The molecule has 0 fully saturated rings. The third-order valence-corrected chi connectivity index (χ3v) is 9.02. The summed E-state index contributed by atoms with van der Waals surface area (Å²) in [6.45, 7) is 13.0. The maximum Gasteiger partial charge on any atom is 0.303 e. The number of carboxylic acid groups (broad SMARTS) is 2. The fourth-order valence-electron chi connectivity index (χ4n) is 6.64. The predicted octanol–water partition coefficient (Wildman–Crippen LogP) is 5.90. The summed E-state index contributed by atoms with van der Waals surface area (Å²) in [5.41, 5.74) is 12.7. The third-order valence-electron chi connectivity index (χ3n) is 9.02. The molecular weight excluding hydrogens is 572 g/mol. The maximum atomic E-state index is 11.6. The number of carbonyl (C=O) groups is 2. The summed E-state index contributed by atoms with van der Waals surface area (Å²) in [5, 5.41) is 40.7. The van der Waals surface area contributed by atoms with Crippen LogP contribution >= 0.6 is 0 Å². The molecule has 0 aromatic carbocycles. The number of aryl methyl sites for hydroxylation is 4. The molecule has 3 aromatic rings. The number of nitrogens with one attached hydrogen (secondary N) is 2. The molecule has 0 saturated heterocycles. The number of aromatic amines is 2. The highest BCUT2D eigenvalue weighted by Crippen LogP contribution is 2.39. The standard InChI is InChI=1S/C35H40N4O6/c1-15-22(8-10-30(42)43)27-14-28-23(9-11-31(44)45)16(2)25(37-28)13-29-32(20(6)40)18(4)34(39-29)19(5)35-33(21(7)41)17(3)26(38-35)12-24(15)36-27/h12-14,20-21,36-37,40-41H,8-11H2,1-7H3,(H,42,43)(H,44,45). The van der Waals surface area contributed by atoms with Crippen molar-refractivity contribution in [3.63, 3.8) is 0 Å². The fourth-order valence-corrected chi connectivity index (χ4v) is 6.64. The number of aromatic nitrogens is 4. The van der Waals surface area contributed by atoms with Gasteiger partial charge >= 0.3 is 11.9 Å². The highest BCUT2D eigenvalue weighted by molar-refractivity contribution is 5.98.